The van der Waals surface area contributed by atoms with E-state index in [1.807, 2.05) is 49.6 Å². The van der Waals surface area contributed by atoms with Crippen LogP contribution in [-0.4, -0.2) is 52.2 Å². The van der Waals surface area contributed by atoms with Gasteiger partial charge in [0.15, 0.2) is 5.16 Å². The fourth-order valence-electron chi connectivity index (χ4n) is 3.34. The molecule has 0 aliphatic rings. The van der Waals surface area contributed by atoms with E-state index >= 15 is 0 Å². The summed E-state index contributed by atoms with van der Waals surface area (Å²) in [4.78, 5) is 12.9. The molecule has 8 nitrogen and oxygen atoms in total. The van der Waals surface area contributed by atoms with Crippen molar-refractivity contribution in [3.63, 3.8) is 0 Å². The molecular weight excluding hydrogens is 458 g/mol. The van der Waals surface area contributed by atoms with Crippen molar-refractivity contribution < 1.29 is 13.2 Å². The van der Waals surface area contributed by atoms with Crippen LogP contribution in [0.2, 0.25) is 0 Å². The minimum Gasteiger partial charge on any atom is -0.325 e. The van der Waals surface area contributed by atoms with Crippen molar-refractivity contribution >= 4 is 33.4 Å². The number of hydrogen-bond donors (Lipinski definition) is 1. The summed E-state index contributed by atoms with van der Waals surface area (Å²) in [5.41, 5.74) is 4.18. The van der Waals surface area contributed by atoms with E-state index in [9.17, 15) is 13.2 Å². The molecule has 1 aromatic heterocycles. The smallest absolute Gasteiger partial charge is 0.243 e. The van der Waals surface area contributed by atoms with Gasteiger partial charge in [0.1, 0.15) is 6.33 Å². The molecule has 0 saturated carbocycles. The predicted molar refractivity (Wildman–Crippen MR) is 131 cm³/mol. The molecule has 10 heteroatoms. The minimum atomic E-state index is -3.63. The molecule has 0 radical (unpaired) electrons. The Morgan fingerprint density at radius 1 is 1.09 bits per heavy atom. The van der Waals surface area contributed by atoms with Crippen LogP contribution in [0, 0.1) is 20.8 Å². The van der Waals surface area contributed by atoms with Crippen LogP contribution in [-0.2, 0) is 14.8 Å². The summed E-state index contributed by atoms with van der Waals surface area (Å²) in [7, 11) is -3.63. The second-order valence-corrected chi connectivity index (χ2v) is 10.5. The van der Waals surface area contributed by atoms with Crippen LogP contribution >= 0.6 is 11.8 Å². The van der Waals surface area contributed by atoms with Crippen molar-refractivity contribution in [1.29, 1.82) is 0 Å². The zero-order valence-electron chi connectivity index (χ0n) is 19.5. The SMILES string of the molecule is CCN(CC)S(=O)(=O)c1cc(C)c(C)c(NC(=O)CSc2nncn2-c2ccc(C)cc2)c1. The van der Waals surface area contributed by atoms with Gasteiger partial charge >= 0.3 is 0 Å². The van der Waals surface area contributed by atoms with Gasteiger partial charge in [-0.15, -0.1) is 10.2 Å². The van der Waals surface area contributed by atoms with Gasteiger partial charge in [0.05, 0.1) is 10.6 Å². The Morgan fingerprint density at radius 2 is 1.76 bits per heavy atom. The Kier molecular flexibility index (Phi) is 7.93. The summed E-state index contributed by atoms with van der Waals surface area (Å²) >= 11 is 1.26. The van der Waals surface area contributed by atoms with Crippen LogP contribution in [0.4, 0.5) is 5.69 Å². The van der Waals surface area contributed by atoms with Crippen molar-refractivity contribution in [2.75, 3.05) is 24.2 Å². The Bertz CT molecular complexity index is 1230. The molecular formula is C23H29N5O3S2. The molecule has 0 bridgehead atoms. The maximum Gasteiger partial charge on any atom is 0.243 e. The molecule has 1 amide bonds. The number of benzene rings is 2. The molecule has 0 spiro atoms. The third-order valence-electron chi connectivity index (χ3n) is 5.42. The molecule has 176 valence electrons. The molecule has 0 unspecified atom stereocenters. The normalized spacial score (nSPS) is 11.7. The van der Waals surface area contributed by atoms with Gasteiger partial charge in [0, 0.05) is 24.5 Å². The minimum absolute atomic E-state index is 0.107. The number of sulfonamides is 1. The zero-order valence-corrected chi connectivity index (χ0v) is 21.1. The van der Waals surface area contributed by atoms with Gasteiger partial charge in [-0.2, -0.15) is 4.31 Å². The lowest BCUT2D eigenvalue weighted by Crippen LogP contribution is -2.30. The number of rotatable bonds is 9. The number of nitrogens with one attached hydrogen (secondary N) is 1. The summed E-state index contributed by atoms with van der Waals surface area (Å²) in [5, 5.41) is 11.6. The van der Waals surface area contributed by atoms with Crippen molar-refractivity contribution in [1.82, 2.24) is 19.1 Å². The Morgan fingerprint density at radius 3 is 2.39 bits per heavy atom. The van der Waals surface area contributed by atoms with Gasteiger partial charge in [-0.3, -0.25) is 9.36 Å². The summed E-state index contributed by atoms with van der Waals surface area (Å²) in [6.07, 6.45) is 1.61. The molecule has 0 saturated heterocycles. The number of thioether (sulfide) groups is 1. The highest BCUT2D eigenvalue weighted by atomic mass is 32.2. The summed E-state index contributed by atoms with van der Waals surface area (Å²) in [6.45, 7) is 10.1. The highest BCUT2D eigenvalue weighted by molar-refractivity contribution is 7.99. The number of hydrogen-bond acceptors (Lipinski definition) is 6. The Labute approximate surface area is 199 Å². The Hall–Kier alpha value is -2.69. The van der Waals surface area contributed by atoms with E-state index in [4.69, 9.17) is 0 Å². The fourth-order valence-corrected chi connectivity index (χ4v) is 5.64. The van der Waals surface area contributed by atoms with E-state index in [0.29, 0.717) is 23.9 Å². The monoisotopic (exact) mass is 487 g/mol. The van der Waals surface area contributed by atoms with Gasteiger partial charge in [0.25, 0.3) is 0 Å². The highest BCUT2D eigenvalue weighted by Crippen LogP contribution is 2.27. The van der Waals surface area contributed by atoms with E-state index in [1.165, 1.54) is 22.1 Å². The van der Waals surface area contributed by atoms with Gasteiger partial charge < -0.3 is 5.32 Å². The molecule has 1 heterocycles. The highest BCUT2D eigenvalue weighted by Gasteiger charge is 2.23. The lowest BCUT2D eigenvalue weighted by atomic mass is 10.1. The van der Waals surface area contributed by atoms with Crippen molar-refractivity contribution in [3.05, 3.63) is 59.4 Å². The Balaban J connectivity index is 1.76. The number of aryl methyl sites for hydroxylation is 2. The van der Waals surface area contributed by atoms with E-state index in [1.54, 1.807) is 26.2 Å². The second kappa shape index (κ2) is 10.5. The molecule has 0 fully saturated rings. The van der Waals surface area contributed by atoms with Gasteiger partial charge in [0.2, 0.25) is 15.9 Å². The van der Waals surface area contributed by atoms with E-state index < -0.39 is 10.0 Å². The number of aromatic nitrogens is 3. The number of nitrogens with zero attached hydrogens (tertiary/aromatic N) is 4. The van der Waals surface area contributed by atoms with Crippen molar-refractivity contribution in [2.24, 2.45) is 0 Å². The maximum absolute atomic E-state index is 13.0. The van der Waals surface area contributed by atoms with Crippen LogP contribution in [0.5, 0.6) is 0 Å². The number of carbonyl (C=O) groups excluding carboxylic acids is 1. The molecule has 33 heavy (non-hydrogen) atoms. The lowest BCUT2D eigenvalue weighted by Gasteiger charge is -2.20. The topological polar surface area (TPSA) is 97.2 Å². The largest absolute Gasteiger partial charge is 0.325 e. The summed E-state index contributed by atoms with van der Waals surface area (Å²) < 4.78 is 29.1. The summed E-state index contributed by atoms with van der Waals surface area (Å²) in [6, 6.07) is 11.1. The van der Waals surface area contributed by atoms with Crippen molar-refractivity contribution in [2.45, 2.75) is 44.7 Å². The number of anilines is 1. The first-order valence-electron chi connectivity index (χ1n) is 10.7. The third kappa shape index (κ3) is 5.63. The summed E-state index contributed by atoms with van der Waals surface area (Å²) in [5.74, 6) is -0.144. The van der Waals surface area contributed by atoms with Gasteiger partial charge in [-0.1, -0.05) is 43.3 Å². The first-order valence-corrected chi connectivity index (χ1v) is 13.1. The maximum atomic E-state index is 13.0. The second-order valence-electron chi connectivity index (χ2n) is 7.66. The van der Waals surface area contributed by atoms with E-state index in [0.717, 1.165) is 22.4 Å². The first kappa shape index (κ1) is 24.9. The predicted octanol–water partition coefficient (Wildman–Crippen LogP) is 3.95. The van der Waals surface area contributed by atoms with Crippen LogP contribution in [0.25, 0.3) is 5.69 Å². The van der Waals surface area contributed by atoms with Crippen LogP contribution < -0.4 is 5.32 Å². The third-order valence-corrected chi connectivity index (χ3v) is 8.39. The van der Waals surface area contributed by atoms with E-state index in [2.05, 4.69) is 15.5 Å². The number of amides is 1. The average Bonchev–Trinajstić information content (AvgIpc) is 3.25. The molecule has 2 aromatic carbocycles. The quantitative estimate of drug-likeness (QED) is 0.459. The van der Waals surface area contributed by atoms with Gasteiger partial charge in [-0.05, 0) is 56.2 Å². The van der Waals surface area contributed by atoms with E-state index in [-0.39, 0.29) is 16.6 Å². The average molecular weight is 488 g/mol. The van der Waals surface area contributed by atoms with Crippen LogP contribution in [0.15, 0.2) is 52.8 Å². The molecule has 3 rings (SSSR count). The lowest BCUT2D eigenvalue weighted by molar-refractivity contribution is -0.113. The molecule has 0 atom stereocenters. The van der Waals surface area contributed by atoms with Gasteiger partial charge in [-0.25, -0.2) is 8.42 Å². The molecule has 3 aromatic rings. The van der Waals surface area contributed by atoms with Crippen molar-refractivity contribution in [3.8, 4) is 5.69 Å². The molecule has 0 aliphatic carbocycles. The van der Waals surface area contributed by atoms with Crippen LogP contribution in [0.3, 0.4) is 0 Å². The standard InChI is InChI=1S/C23H29N5O3S2/c1-6-27(7-2)33(30,31)20-12-17(4)18(5)21(13-20)25-22(29)14-32-23-26-24-15-28(23)19-10-8-16(3)9-11-19/h8-13,15H,6-7,14H2,1-5H3,(H,25,29). The number of carbonyl (C=O) groups is 1. The molecule has 0 aliphatic heterocycles. The zero-order chi connectivity index (χ0) is 24.2. The fraction of sp³-hybridized carbons (Fsp3) is 0.348. The molecule has 1 N–H and O–H groups in total. The first-order chi connectivity index (χ1) is 15.7. The van der Waals surface area contributed by atoms with Crippen LogP contribution in [0.1, 0.15) is 30.5 Å².